The van der Waals surface area contributed by atoms with Gasteiger partial charge in [-0.2, -0.15) is 0 Å². The van der Waals surface area contributed by atoms with Crippen LogP contribution in [0.15, 0.2) is 12.1 Å². The molecule has 0 aliphatic rings. The van der Waals surface area contributed by atoms with Crippen LogP contribution < -0.4 is 4.90 Å². The Hall–Kier alpha value is -1.58. The minimum atomic E-state index is 0.986. The number of hydrogen-bond donors (Lipinski definition) is 1. The second kappa shape index (κ2) is 5.17. The van der Waals surface area contributed by atoms with Crippen LogP contribution >= 0.6 is 0 Å². The first-order valence-electron chi connectivity index (χ1n) is 6.33. The largest absolute Gasteiger partial charge is 0.371 e. The first-order chi connectivity index (χ1) is 8.27. The van der Waals surface area contributed by atoms with Crippen molar-refractivity contribution in [2.24, 2.45) is 0 Å². The van der Waals surface area contributed by atoms with Gasteiger partial charge in [0.15, 0.2) is 0 Å². The second-order valence-electron chi connectivity index (χ2n) is 4.40. The van der Waals surface area contributed by atoms with Crippen LogP contribution in [0.5, 0.6) is 0 Å². The summed E-state index contributed by atoms with van der Waals surface area (Å²) in [6.07, 6.45) is 2.33. The molecule has 17 heavy (non-hydrogen) atoms. The fourth-order valence-corrected chi connectivity index (χ4v) is 2.27. The van der Waals surface area contributed by atoms with Gasteiger partial charge in [-0.05, 0) is 31.9 Å². The van der Waals surface area contributed by atoms with Crippen molar-refractivity contribution in [1.82, 2.24) is 15.4 Å². The van der Waals surface area contributed by atoms with Gasteiger partial charge in [-0.1, -0.05) is 19.1 Å². The van der Waals surface area contributed by atoms with Crippen LogP contribution in [0.2, 0.25) is 0 Å². The van der Waals surface area contributed by atoms with E-state index in [1.807, 2.05) is 0 Å². The summed E-state index contributed by atoms with van der Waals surface area (Å²) in [4.78, 5) is 2.43. The summed E-state index contributed by atoms with van der Waals surface area (Å²) < 4.78 is 0. The van der Waals surface area contributed by atoms with E-state index in [9.17, 15) is 0 Å². The molecule has 0 saturated heterocycles. The Kier molecular flexibility index (Phi) is 3.61. The Morgan fingerprint density at radius 2 is 1.88 bits per heavy atom. The van der Waals surface area contributed by atoms with E-state index in [4.69, 9.17) is 0 Å². The molecule has 1 aromatic heterocycles. The smallest absolute Gasteiger partial charge is 0.117 e. The molecule has 0 radical (unpaired) electrons. The van der Waals surface area contributed by atoms with Gasteiger partial charge < -0.3 is 4.90 Å². The topological polar surface area (TPSA) is 44.8 Å². The lowest BCUT2D eigenvalue weighted by atomic mass is 10.1. The number of aryl methyl sites for hydroxylation is 1. The molecule has 0 amide bonds. The monoisotopic (exact) mass is 232 g/mol. The molecular formula is C13H20N4. The molecule has 1 N–H and O–H groups in total. The lowest BCUT2D eigenvalue weighted by Gasteiger charge is -2.25. The maximum atomic E-state index is 4.15. The molecular weight excluding hydrogens is 212 g/mol. The maximum absolute atomic E-state index is 4.15. The molecule has 4 heteroatoms. The zero-order chi connectivity index (χ0) is 12.3. The van der Waals surface area contributed by atoms with E-state index in [-0.39, 0.29) is 0 Å². The Labute approximate surface area is 102 Å². The number of H-pyrrole nitrogens is 1. The number of fused-ring (bicyclic) bond motifs is 1. The Balaban J connectivity index is 2.41. The van der Waals surface area contributed by atoms with Crippen LogP contribution in [-0.4, -0.2) is 28.5 Å². The summed E-state index contributed by atoms with van der Waals surface area (Å²) in [5.74, 6) is 0. The summed E-state index contributed by atoms with van der Waals surface area (Å²) in [5.41, 5.74) is 4.51. The lowest BCUT2D eigenvalue weighted by molar-refractivity contribution is 0.743. The van der Waals surface area contributed by atoms with Crippen molar-refractivity contribution in [2.75, 3.05) is 18.0 Å². The van der Waals surface area contributed by atoms with Crippen molar-refractivity contribution in [3.8, 4) is 0 Å². The van der Waals surface area contributed by atoms with Gasteiger partial charge in [0.1, 0.15) is 5.52 Å². The summed E-state index contributed by atoms with van der Waals surface area (Å²) in [5, 5.41) is 10.9. The fourth-order valence-electron chi connectivity index (χ4n) is 2.27. The van der Waals surface area contributed by atoms with Gasteiger partial charge in [-0.3, -0.25) is 5.10 Å². The molecule has 0 bridgehead atoms. The van der Waals surface area contributed by atoms with Crippen molar-refractivity contribution < 1.29 is 0 Å². The maximum Gasteiger partial charge on any atom is 0.117 e. The number of nitrogens with one attached hydrogen (secondary N) is 1. The number of nitrogens with zero attached hydrogens (tertiary/aromatic N) is 3. The number of anilines is 1. The van der Waals surface area contributed by atoms with Gasteiger partial charge in [0.05, 0.1) is 5.52 Å². The zero-order valence-corrected chi connectivity index (χ0v) is 10.8. The summed E-state index contributed by atoms with van der Waals surface area (Å²) in [6, 6.07) is 4.23. The molecule has 0 aliphatic heterocycles. The highest BCUT2D eigenvalue weighted by molar-refractivity contribution is 5.83. The minimum absolute atomic E-state index is 0.986. The third-order valence-electron chi connectivity index (χ3n) is 3.05. The molecule has 4 nitrogen and oxygen atoms in total. The van der Waals surface area contributed by atoms with Crippen molar-refractivity contribution in [1.29, 1.82) is 0 Å². The molecule has 0 atom stereocenters. The molecule has 0 saturated carbocycles. The molecule has 1 heterocycles. The zero-order valence-electron chi connectivity index (χ0n) is 10.8. The number of rotatable bonds is 5. The Bertz CT molecular complexity index is 483. The second-order valence-corrected chi connectivity index (χ2v) is 4.40. The minimum Gasteiger partial charge on any atom is -0.371 e. The highest BCUT2D eigenvalue weighted by atomic mass is 15.3. The average molecular weight is 232 g/mol. The molecule has 2 rings (SSSR count). The normalized spacial score (nSPS) is 11.0. The van der Waals surface area contributed by atoms with Gasteiger partial charge >= 0.3 is 0 Å². The fraction of sp³-hybridized carbons (Fsp3) is 0.538. The molecule has 0 fully saturated rings. The van der Waals surface area contributed by atoms with Gasteiger partial charge in [0.2, 0.25) is 0 Å². The molecule has 0 spiro atoms. The van der Waals surface area contributed by atoms with E-state index in [0.717, 1.165) is 37.0 Å². The van der Waals surface area contributed by atoms with Crippen LogP contribution in [0.3, 0.4) is 0 Å². The van der Waals surface area contributed by atoms with E-state index in [2.05, 4.69) is 53.2 Å². The van der Waals surface area contributed by atoms with Crippen molar-refractivity contribution >= 4 is 16.7 Å². The SMILES string of the molecule is CCCN(CCC)c1ccc2[nH]nnc2c1C. The predicted molar refractivity (Wildman–Crippen MR) is 71.4 cm³/mol. The molecule has 92 valence electrons. The van der Waals surface area contributed by atoms with E-state index in [0.29, 0.717) is 0 Å². The highest BCUT2D eigenvalue weighted by Gasteiger charge is 2.11. The van der Waals surface area contributed by atoms with E-state index >= 15 is 0 Å². The van der Waals surface area contributed by atoms with Crippen LogP contribution in [0, 0.1) is 6.92 Å². The van der Waals surface area contributed by atoms with Crippen LogP contribution in [0.1, 0.15) is 32.3 Å². The molecule has 0 unspecified atom stereocenters. The lowest BCUT2D eigenvalue weighted by Crippen LogP contribution is -2.25. The van der Waals surface area contributed by atoms with Crippen molar-refractivity contribution in [3.63, 3.8) is 0 Å². The van der Waals surface area contributed by atoms with Crippen molar-refractivity contribution in [3.05, 3.63) is 17.7 Å². The summed E-state index contributed by atoms with van der Waals surface area (Å²) in [7, 11) is 0. The first kappa shape index (κ1) is 11.9. The summed E-state index contributed by atoms with van der Waals surface area (Å²) in [6.45, 7) is 8.74. The Morgan fingerprint density at radius 3 is 2.53 bits per heavy atom. The predicted octanol–water partition coefficient (Wildman–Crippen LogP) is 2.89. The van der Waals surface area contributed by atoms with Crippen LogP contribution in [0.4, 0.5) is 5.69 Å². The van der Waals surface area contributed by atoms with Crippen molar-refractivity contribution in [2.45, 2.75) is 33.6 Å². The summed E-state index contributed by atoms with van der Waals surface area (Å²) >= 11 is 0. The number of aromatic amines is 1. The molecule has 2 aromatic rings. The standard InChI is InChI=1S/C13H20N4/c1-4-8-17(9-5-2)12-7-6-11-13(10(12)3)15-16-14-11/h6-7H,4-5,8-9H2,1-3H3,(H,14,15,16). The first-order valence-corrected chi connectivity index (χ1v) is 6.33. The quantitative estimate of drug-likeness (QED) is 0.862. The van der Waals surface area contributed by atoms with Gasteiger partial charge in [0.25, 0.3) is 0 Å². The van der Waals surface area contributed by atoms with Gasteiger partial charge in [0, 0.05) is 24.3 Å². The van der Waals surface area contributed by atoms with E-state index in [1.165, 1.54) is 11.3 Å². The van der Waals surface area contributed by atoms with E-state index in [1.54, 1.807) is 0 Å². The van der Waals surface area contributed by atoms with Gasteiger partial charge in [-0.15, -0.1) is 5.10 Å². The number of hydrogen-bond acceptors (Lipinski definition) is 3. The molecule has 1 aromatic carbocycles. The van der Waals surface area contributed by atoms with Gasteiger partial charge in [-0.25, -0.2) is 0 Å². The third kappa shape index (κ3) is 2.25. The number of aromatic nitrogens is 3. The number of benzene rings is 1. The van der Waals surface area contributed by atoms with E-state index < -0.39 is 0 Å². The third-order valence-corrected chi connectivity index (χ3v) is 3.05. The highest BCUT2D eigenvalue weighted by Crippen LogP contribution is 2.26. The average Bonchev–Trinajstić information content (AvgIpc) is 2.78. The van der Waals surface area contributed by atoms with Crippen LogP contribution in [0.25, 0.3) is 11.0 Å². The molecule has 0 aliphatic carbocycles. The Morgan fingerprint density at radius 1 is 1.18 bits per heavy atom. The van der Waals surface area contributed by atoms with Crippen LogP contribution in [-0.2, 0) is 0 Å².